The van der Waals surface area contributed by atoms with Crippen molar-refractivity contribution in [2.75, 3.05) is 25.1 Å². The molecule has 2 aliphatic heterocycles. The Morgan fingerprint density at radius 1 is 1.67 bits per heavy atom. The van der Waals surface area contributed by atoms with E-state index in [1.165, 1.54) is 12.2 Å². The standard InChI is InChI=1S/C8H14N2OS/c1-10-7(11)5-9-8(10)3-2-4-12-6-8/h9H,2-6H2,1H3. The van der Waals surface area contributed by atoms with E-state index in [0.29, 0.717) is 6.54 Å². The molecule has 0 saturated carbocycles. The number of hydrogen-bond donors (Lipinski definition) is 1. The van der Waals surface area contributed by atoms with Gasteiger partial charge in [0, 0.05) is 12.8 Å². The molecule has 1 spiro atoms. The zero-order chi connectivity index (χ0) is 8.60. The van der Waals surface area contributed by atoms with Crippen LogP contribution in [0.15, 0.2) is 0 Å². The predicted octanol–water partition coefficient (Wildman–Crippen LogP) is 0.271. The molecule has 1 unspecified atom stereocenters. The summed E-state index contributed by atoms with van der Waals surface area (Å²) in [5.74, 6) is 2.53. The SMILES string of the molecule is CN1C(=O)CNC12CCCSC2. The molecule has 12 heavy (non-hydrogen) atoms. The van der Waals surface area contributed by atoms with Crippen molar-refractivity contribution in [3.05, 3.63) is 0 Å². The van der Waals surface area contributed by atoms with E-state index in [4.69, 9.17) is 0 Å². The first-order chi connectivity index (χ1) is 5.75. The van der Waals surface area contributed by atoms with Gasteiger partial charge in [0.1, 0.15) is 5.66 Å². The Hall–Kier alpha value is -0.220. The highest BCUT2D eigenvalue weighted by atomic mass is 32.2. The number of carbonyl (C=O) groups excluding carboxylic acids is 1. The molecule has 1 atom stereocenters. The first-order valence-electron chi connectivity index (χ1n) is 4.34. The Morgan fingerprint density at radius 2 is 2.50 bits per heavy atom. The average Bonchev–Trinajstić information content (AvgIpc) is 2.37. The monoisotopic (exact) mass is 186 g/mol. The lowest BCUT2D eigenvalue weighted by atomic mass is 10.1. The molecule has 2 fully saturated rings. The quantitative estimate of drug-likeness (QED) is 0.589. The molecule has 0 aromatic carbocycles. The molecule has 2 aliphatic rings. The minimum atomic E-state index is 0. The molecule has 2 rings (SSSR count). The van der Waals surface area contributed by atoms with Gasteiger partial charge >= 0.3 is 0 Å². The van der Waals surface area contributed by atoms with E-state index in [1.54, 1.807) is 0 Å². The number of nitrogens with one attached hydrogen (secondary N) is 1. The first kappa shape index (κ1) is 8.38. The van der Waals surface area contributed by atoms with E-state index in [2.05, 4.69) is 5.32 Å². The van der Waals surface area contributed by atoms with Gasteiger partial charge in [0.25, 0.3) is 0 Å². The molecule has 0 bridgehead atoms. The van der Waals surface area contributed by atoms with Gasteiger partial charge in [-0.05, 0) is 18.6 Å². The number of nitrogens with zero attached hydrogens (tertiary/aromatic N) is 1. The molecule has 4 heteroatoms. The van der Waals surface area contributed by atoms with Crippen molar-refractivity contribution >= 4 is 17.7 Å². The van der Waals surface area contributed by atoms with Crippen molar-refractivity contribution in [2.24, 2.45) is 0 Å². The van der Waals surface area contributed by atoms with Gasteiger partial charge < -0.3 is 4.90 Å². The van der Waals surface area contributed by atoms with Crippen molar-refractivity contribution < 1.29 is 4.79 Å². The Labute approximate surface area is 76.9 Å². The molecule has 0 radical (unpaired) electrons. The number of thioether (sulfide) groups is 1. The highest BCUT2D eigenvalue weighted by Gasteiger charge is 2.43. The van der Waals surface area contributed by atoms with Crippen LogP contribution >= 0.6 is 11.8 Å². The Kier molecular flexibility index (Phi) is 2.04. The molecular formula is C8H14N2OS. The van der Waals surface area contributed by atoms with Gasteiger partial charge in [-0.15, -0.1) is 0 Å². The molecule has 0 aliphatic carbocycles. The summed E-state index contributed by atoms with van der Waals surface area (Å²) < 4.78 is 0. The summed E-state index contributed by atoms with van der Waals surface area (Å²) in [7, 11) is 1.91. The Morgan fingerprint density at radius 3 is 3.00 bits per heavy atom. The van der Waals surface area contributed by atoms with Gasteiger partial charge in [-0.3, -0.25) is 10.1 Å². The number of carbonyl (C=O) groups is 1. The predicted molar refractivity (Wildman–Crippen MR) is 50.1 cm³/mol. The van der Waals surface area contributed by atoms with Crippen LogP contribution in [-0.2, 0) is 4.79 Å². The fourth-order valence-corrected chi connectivity index (χ4v) is 3.17. The maximum Gasteiger partial charge on any atom is 0.237 e. The van der Waals surface area contributed by atoms with Crippen LogP contribution in [0.25, 0.3) is 0 Å². The van der Waals surface area contributed by atoms with Gasteiger partial charge in [0.2, 0.25) is 5.91 Å². The van der Waals surface area contributed by atoms with Gasteiger partial charge in [-0.1, -0.05) is 0 Å². The van der Waals surface area contributed by atoms with Crippen LogP contribution in [0.3, 0.4) is 0 Å². The number of amides is 1. The zero-order valence-corrected chi connectivity index (χ0v) is 8.12. The third kappa shape index (κ3) is 1.13. The number of hydrogen-bond acceptors (Lipinski definition) is 3. The summed E-state index contributed by atoms with van der Waals surface area (Å²) in [6.45, 7) is 0.525. The highest BCUT2D eigenvalue weighted by Crippen LogP contribution is 2.31. The van der Waals surface area contributed by atoms with Crippen LogP contribution in [-0.4, -0.2) is 41.6 Å². The molecule has 0 aromatic rings. The summed E-state index contributed by atoms with van der Waals surface area (Å²) in [5, 5.41) is 3.33. The Balaban J connectivity index is 2.14. The van der Waals surface area contributed by atoms with E-state index in [-0.39, 0.29) is 11.6 Å². The topological polar surface area (TPSA) is 32.3 Å². The fourth-order valence-electron chi connectivity index (χ4n) is 1.90. The molecular weight excluding hydrogens is 172 g/mol. The normalized spacial score (nSPS) is 36.4. The minimum Gasteiger partial charge on any atom is -0.326 e. The van der Waals surface area contributed by atoms with E-state index < -0.39 is 0 Å². The van der Waals surface area contributed by atoms with E-state index in [9.17, 15) is 4.79 Å². The van der Waals surface area contributed by atoms with Crippen LogP contribution in [0.5, 0.6) is 0 Å². The van der Waals surface area contributed by atoms with Crippen molar-refractivity contribution in [3.63, 3.8) is 0 Å². The maximum atomic E-state index is 11.3. The second-order valence-corrected chi connectivity index (χ2v) is 4.60. The molecule has 1 amide bonds. The molecule has 0 aromatic heterocycles. The summed E-state index contributed by atoms with van der Waals surface area (Å²) in [6.07, 6.45) is 2.33. The lowest BCUT2D eigenvalue weighted by molar-refractivity contribution is -0.128. The van der Waals surface area contributed by atoms with E-state index in [1.807, 2.05) is 23.7 Å². The summed E-state index contributed by atoms with van der Waals surface area (Å²) in [5.41, 5.74) is 0. The largest absolute Gasteiger partial charge is 0.326 e. The second-order valence-electron chi connectivity index (χ2n) is 3.49. The maximum absolute atomic E-state index is 11.3. The van der Waals surface area contributed by atoms with E-state index >= 15 is 0 Å². The summed E-state index contributed by atoms with van der Waals surface area (Å²) in [6, 6.07) is 0. The van der Waals surface area contributed by atoms with Gasteiger partial charge in [0.15, 0.2) is 0 Å². The van der Waals surface area contributed by atoms with Gasteiger partial charge in [0.05, 0.1) is 6.54 Å². The van der Waals surface area contributed by atoms with Crippen molar-refractivity contribution in [2.45, 2.75) is 18.5 Å². The molecule has 68 valence electrons. The number of rotatable bonds is 0. The van der Waals surface area contributed by atoms with Crippen LogP contribution in [0.4, 0.5) is 0 Å². The molecule has 3 nitrogen and oxygen atoms in total. The van der Waals surface area contributed by atoms with Crippen molar-refractivity contribution in [3.8, 4) is 0 Å². The zero-order valence-electron chi connectivity index (χ0n) is 7.30. The number of likely N-dealkylation sites (N-methyl/N-ethyl adjacent to an activating group) is 1. The summed E-state index contributed by atoms with van der Waals surface area (Å²) >= 11 is 1.94. The fraction of sp³-hybridized carbons (Fsp3) is 0.875. The van der Waals surface area contributed by atoms with Gasteiger partial charge in [-0.25, -0.2) is 0 Å². The lowest BCUT2D eigenvalue weighted by Gasteiger charge is -2.38. The third-order valence-corrected chi connectivity index (χ3v) is 4.06. The molecule has 2 saturated heterocycles. The minimum absolute atomic E-state index is 0. The smallest absolute Gasteiger partial charge is 0.237 e. The second kappa shape index (κ2) is 2.92. The van der Waals surface area contributed by atoms with E-state index in [0.717, 1.165) is 12.2 Å². The van der Waals surface area contributed by atoms with Crippen LogP contribution < -0.4 is 5.32 Å². The van der Waals surface area contributed by atoms with Crippen LogP contribution in [0, 0.1) is 0 Å². The lowest BCUT2D eigenvalue weighted by Crippen LogP contribution is -2.54. The summed E-state index contributed by atoms with van der Waals surface area (Å²) in [4.78, 5) is 13.2. The van der Waals surface area contributed by atoms with Crippen LogP contribution in [0.2, 0.25) is 0 Å². The first-order valence-corrected chi connectivity index (χ1v) is 5.49. The average molecular weight is 186 g/mol. The highest BCUT2D eigenvalue weighted by molar-refractivity contribution is 7.99. The molecule has 2 heterocycles. The third-order valence-electron chi connectivity index (χ3n) is 2.80. The van der Waals surface area contributed by atoms with Gasteiger partial charge in [-0.2, -0.15) is 11.8 Å². The van der Waals surface area contributed by atoms with Crippen LogP contribution in [0.1, 0.15) is 12.8 Å². The Bertz CT molecular complexity index is 201. The molecule has 1 N–H and O–H groups in total. The van der Waals surface area contributed by atoms with Crippen molar-refractivity contribution in [1.82, 2.24) is 10.2 Å². The van der Waals surface area contributed by atoms with Crippen molar-refractivity contribution in [1.29, 1.82) is 0 Å².